The SMILES string of the molecule is FC(F)Oc1ccccc1-c1noc(CN(Cc2ccccc2)Cc2ccco2)n1. The summed E-state index contributed by atoms with van der Waals surface area (Å²) in [6.07, 6.45) is 1.63. The maximum absolute atomic E-state index is 12.7. The van der Waals surface area contributed by atoms with E-state index in [1.807, 2.05) is 42.5 Å². The molecule has 0 unspecified atom stereocenters. The summed E-state index contributed by atoms with van der Waals surface area (Å²) in [6, 6.07) is 20.1. The first-order valence-corrected chi connectivity index (χ1v) is 9.33. The standard InChI is InChI=1S/C22H19F2N3O3/c23-22(24)29-19-11-5-4-10-18(19)21-25-20(30-26-21)15-27(14-17-9-6-12-28-17)13-16-7-2-1-3-8-16/h1-12,22H,13-15H2. The molecule has 0 spiro atoms. The fraction of sp³-hybridized carbons (Fsp3) is 0.182. The molecule has 0 bridgehead atoms. The summed E-state index contributed by atoms with van der Waals surface area (Å²) >= 11 is 0. The van der Waals surface area contributed by atoms with E-state index in [4.69, 9.17) is 8.94 Å². The molecule has 0 aliphatic rings. The molecule has 0 atom stereocenters. The van der Waals surface area contributed by atoms with Gasteiger partial charge in [-0.25, -0.2) is 0 Å². The van der Waals surface area contributed by atoms with Crippen LogP contribution in [-0.2, 0) is 19.6 Å². The van der Waals surface area contributed by atoms with Crippen LogP contribution in [-0.4, -0.2) is 21.7 Å². The number of nitrogens with zero attached hydrogens (tertiary/aromatic N) is 3. The molecule has 0 radical (unpaired) electrons. The fourth-order valence-electron chi connectivity index (χ4n) is 3.10. The van der Waals surface area contributed by atoms with E-state index in [9.17, 15) is 8.78 Å². The molecule has 2 aromatic heterocycles. The van der Waals surface area contributed by atoms with Crippen LogP contribution in [0.5, 0.6) is 5.75 Å². The van der Waals surface area contributed by atoms with E-state index in [1.165, 1.54) is 6.07 Å². The molecule has 2 aromatic carbocycles. The Hall–Kier alpha value is -3.52. The zero-order valence-corrected chi connectivity index (χ0v) is 15.9. The van der Waals surface area contributed by atoms with Crippen molar-refractivity contribution in [3.05, 3.63) is 90.2 Å². The Morgan fingerprint density at radius 2 is 1.70 bits per heavy atom. The number of rotatable bonds is 9. The van der Waals surface area contributed by atoms with Crippen LogP contribution >= 0.6 is 0 Å². The number of halogens is 2. The molecule has 30 heavy (non-hydrogen) atoms. The van der Waals surface area contributed by atoms with Gasteiger partial charge in [0.25, 0.3) is 0 Å². The van der Waals surface area contributed by atoms with Crippen LogP contribution < -0.4 is 4.74 Å². The van der Waals surface area contributed by atoms with E-state index >= 15 is 0 Å². The summed E-state index contributed by atoms with van der Waals surface area (Å²) < 4.78 is 40.8. The quantitative estimate of drug-likeness (QED) is 0.380. The van der Waals surface area contributed by atoms with Gasteiger partial charge in [-0.2, -0.15) is 13.8 Å². The lowest BCUT2D eigenvalue weighted by molar-refractivity contribution is -0.0494. The second kappa shape index (κ2) is 9.32. The van der Waals surface area contributed by atoms with Gasteiger partial charge in [-0.15, -0.1) is 0 Å². The van der Waals surface area contributed by atoms with E-state index in [0.717, 1.165) is 11.3 Å². The molecular weight excluding hydrogens is 392 g/mol. The van der Waals surface area contributed by atoms with Gasteiger partial charge in [0.05, 0.1) is 24.9 Å². The first-order valence-electron chi connectivity index (χ1n) is 9.33. The number of aromatic nitrogens is 2. The van der Waals surface area contributed by atoms with Crippen molar-refractivity contribution in [3.8, 4) is 17.1 Å². The number of para-hydroxylation sites is 1. The minimum atomic E-state index is -2.94. The first-order chi connectivity index (χ1) is 14.7. The van der Waals surface area contributed by atoms with E-state index in [0.29, 0.717) is 31.1 Å². The molecule has 0 aliphatic carbocycles. The van der Waals surface area contributed by atoms with Crippen LogP contribution in [0.25, 0.3) is 11.4 Å². The lowest BCUT2D eigenvalue weighted by atomic mass is 10.2. The topological polar surface area (TPSA) is 64.5 Å². The minimum absolute atomic E-state index is 0.00317. The largest absolute Gasteiger partial charge is 0.468 e. The molecule has 0 fully saturated rings. The molecule has 0 N–H and O–H groups in total. The second-order valence-electron chi connectivity index (χ2n) is 6.60. The molecule has 6 nitrogen and oxygen atoms in total. The van der Waals surface area contributed by atoms with Crippen molar-refractivity contribution in [1.82, 2.24) is 15.0 Å². The lowest BCUT2D eigenvalue weighted by Gasteiger charge is -2.19. The van der Waals surface area contributed by atoms with Gasteiger partial charge in [-0.3, -0.25) is 4.90 Å². The Bertz CT molecular complexity index is 1050. The predicted molar refractivity (Wildman–Crippen MR) is 104 cm³/mol. The Balaban J connectivity index is 1.53. The summed E-state index contributed by atoms with van der Waals surface area (Å²) in [7, 11) is 0. The number of ether oxygens (including phenoxy) is 1. The molecule has 4 aromatic rings. The van der Waals surface area contributed by atoms with E-state index < -0.39 is 6.61 Å². The fourth-order valence-corrected chi connectivity index (χ4v) is 3.10. The smallest absolute Gasteiger partial charge is 0.387 e. The van der Waals surface area contributed by atoms with Crippen molar-refractivity contribution >= 4 is 0 Å². The van der Waals surface area contributed by atoms with E-state index in [1.54, 1.807) is 24.5 Å². The Morgan fingerprint density at radius 1 is 0.900 bits per heavy atom. The summed E-state index contributed by atoms with van der Waals surface area (Å²) in [6.45, 7) is -1.39. The highest BCUT2D eigenvalue weighted by atomic mass is 19.3. The monoisotopic (exact) mass is 411 g/mol. The average molecular weight is 411 g/mol. The van der Waals surface area contributed by atoms with Crippen LogP contribution in [0.4, 0.5) is 8.78 Å². The summed E-state index contributed by atoms with van der Waals surface area (Å²) in [5.41, 5.74) is 1.47. The summed E-state index contributed by atoms with van der Waals surface area (Å²) in [5, 5.41) is 3.95. The zero-order chi connectivity index (χ0) is 20.8. The molecule has 0 saturated heterocycles. The van der Waals surface area contributed by atoms with Gasteiger partial charge in [0.1, 0.15) is 11.5 Å². The number of furan rings is 1. The highest BCUT2D eigenvalue weighted by Crippen LogP contribution is 2.29. The number of benzene rings is 2. The summed E-state index contributed by atoms with van der Waals surface area (Å²) in [4.78, 5) is 6.47. The molecule has 0 aliphatic heterocycles. The third-order valence-electron chi connectivity index (χ3n) is 4.38. The molecule has 0 amide bonds. The minimum Gasteiger partial charge on any atom is -0.468 e. The molecule has 8 heteroatoms. The number of alkyl halides is 2. The highest BCUT2D eigenvalue weighted by molar-refractivity contribution is 5.63. The Labute approximate surface area is 171 Å². The van der Waals surface area contributed by atoms with Crippen LogP contribution in [0, 0.1) is 0 Å². The van der Waals surface area contributed by atoms with Crippen LogP contribution in [0.15, 0.2) is 81.9 Å². The molecular formula is C22H19F2N3O3. The van der Waals surface area contributed by atoms with Gasteiger partial charge in [0, 0.05) is 6.54 Å². The summed E-state index contributed by atoms with van der Waals surface area (Å²) in [5.74, 6) is 1.36. The van der Waals surface area contributed by atoms with Gasteiger partial charge in [0.15, 0.2) is 0 Å². The highest BCUT2D eigenvalue weighted by Gasteiger charge is 2.18. The third kappa shape index (κ3) is 5.09. The molecule has 154 valence electrons. The number of hydrogen-bond donors (Lipinski definition) is 0. The zero-order valence-electron chi connectivity index (χ0n) is 15.9. The molecule has 4 rings (SSSR count). The van der Waals surface area contributed by atoms with Crippen LogP contribution in [0.3, 0.4) is 0 Å². The van der Waals surface area contributed by atoms with Crippen molar-refractivity contribution in [1.29, 1.82) is 0 Å². The van der Waals surface area contributed by atoms with E-state index in [2.05, 4.69) is 19.8 Å². The maximum atomic E-state index is 12.7. The average Bonchev–Trinajstić information content (AvgIpc) is 3.41. The van der Waals surface area contributed by atoms with Crippen LogP contribution in [0.2, 0.25) is 0 Å². The van der Waals surface area contributed by atoms with E-state index in [-0.39, 0.29) is 11.6 Å². The van der Waals surface area contributed by atoms with Gasteiger partial charge in [-0.05, 0) is 29.8 Å². The normalized spacial score (nSPS) is 11.3. The van der Waals surface area contributed by atoms with Crippen molar-refractivity contribution in [3.63, 3.8) is 0 Å². The van der Waals surface area contributed by atoms with Crippen molar-refractivity contribution < 1.29 is 22.5 Å². The van der Waals surface area contributed by atoms with Crippen molar-refractivity contribution in [2.45, 2.75) is 26.2 Å². The Morgan fingerprint density at radius 3 is 2.47 bits per heavy atom. The van der Waals surface area contributed by atoms with Gasteiger partial charge >= 0.3 is 6.61 Å². The third-order valence-corrected chi connectivity index (χ3v) is 4.38. The van der Waals surface area contributed by atoms with Crippen molar-refractivity contribution in [2.75, 3.05) is 0 Å². The number of hydrogen-bond acceptors (Lipinski definition) is 6. The van der Waals surface area contributed by atoms with Gasteiger partial charge < -0.3 is 13.7 Å². The maximum Gasteiger partial charge on any atom is 0.387 e. The van der Waals surface area contributed by atoms with Gasteiger partial charge in [-0.1, -0.05) is 47.6 Å². The first kappa shape index (κ1) is 19.8. The van der Waals surface area contributed by atoms with Crippen molar-refractivity contribution in [2.24, 2.45) is 0 Å². The predicted octanol–water partition coefficient (Wildman–Crippen LogP) is 5.13. The van der Waals surface area contributed by atoms with Crippen LogP contribution in [0.1, 0.15) is 17.2 Å². The Kier molecular flexibility index (Phi) is 6.14. The molecule has 2 heterocycles. The van der Waals surface area contributed by atoms with Gasteiger partial charge in [0.2, 0.25) is 11.7 Å². The molecule has 0 saturated carbocycles. The lowest BCUT2D eigenvalue weighted by Crippen LogP contribution is -2.22. The second-order valence-corrected chi connectivity index (χ2v) is 6.60.